The van der Waals surface area contributed by atoms with Gasteiger partial charge < -0.3 is 0 Å². The van der Waals surface area contributed by atoms with E-state index in [0.29, 0.717) is 5.56 Å². The number of rotatable bonds is 4. The molecule has 0 fully saturated rings. The van der Waals surface area contributed by atoms with Gasteiger partial charge in [0.2, 0.25) is 0 Å². The van der Waals surface area contributed by atoms with E-state index in [1.807, 2.05) is 32.9 Å². The number of benzene rings is 1. The Hall–Kier alpha value is -2.21. The summed E-state index contributed by atoms with van der Waals surface area (Å²) in [6.07, 6.45) is 4.68. The van der Waals surface area contributed by atoms with Crippen LogP contribution in [0, 0.1) is 6.92 Å². The number of nitrogens with one attached hydrogen (secondary N) is 1. The molecule has 1 aromatic heterocycles. The van der Waals surface area contributed by atoms with Crippen molar-refractivity contribution in [3.05, 3.63) is 59.4 Å². The van der Waals surface area contributed by atoms with Crippen LogP contribution in [0.5, 0.6) is 0 Å². The van der Waals surface area contributed by atoms with Crippen molar-refractivity contribution >= 4 is 16.2 Å². The first-order valence-electron chi connectivity index (χ1n) is 7.26. The van der Waals surface area contributed by atoms with Gasteiger partial charge in [0.25, 0.3) is 10.0 Å². The fourth-order valence-corrected chi connectivity index (χ4v) is 3.09. The molecule has 0 bridgehead atoms. The molecule has 6 heteroatoms. The minimum absolute atomic E-state index is 0.127. The SMILES string of the molecule is Cc1ccc(C(C)(C)C)cc1S(=O)(=O)N/N=C/c1ccncc1. The summed E-state index contributed by atoms with van der Waals surface area (Å²) in [5.74, 6) is 0. The molecule has 0 saturated carbocycles. The summed E-state index contributed by atoms with van der Waals surface area (Å²) >= 11 is 0. The van der Waals surface area contributed by atoms with E-state index in [9.17, 15) is 8.42 Å². The van der Waals surface area contributed by atoms with E-state index in [1.54, 1.807) is 37.5 Å². The zero-order valence-electron chi connectivity index (χ0n) is 13.7. The summed E-state index contributed by atoms with van der Waals surface area (Å²) in [5.41, 5.74) is 2.28. The second-order valence-electron chi connectivity index (χ2n) is 6.36. The van der Waals surface area contributed by atoms with Gasteiger partial charge in [-0.25, -0.2) is 4.83 Å². The van der Waals surface area contributed by atoms with Crippen LogP contribution in [0.2, 0.25) is 0 Å². The maximum Gasteiger partial charge on any atom is 0.276 e. The van der Waals surface area contributed by atoms with E-state index in [-0.39, 0.29) is 10.3 Å². The second-order valence-corrected chi connectivity index (χ2v) is 7.99. The van der Waals surface area contributed by atoms with Gasteiger partial charge in [0, 0.05) is 12.4 Å². The number of hydrogen-bond donors (Lipinski definition) is 1. The van der Waals surface area contributed by atoms with Crippen LogP contribution in [0.3, 0.4) is 0 Å². The molecule has 0 atom stereocenters. The number of pyridine rings is 1. The average Bonchev–Trinajstić information content (AvgIpc) is 2.47. The summed E-state index contributed by atoms with van der Waals surface area (Å²) in [7, 11) is -3.71. The van der Waals surface area contributed by atoms with E-state index in [4.69, 9.17) is 0 Å². The van der Waals surface area contributed by atoms with Crippen LogP contribution < -0.4 is 4.83 Å². The Bertz CT molecular complexity index is 807. The van der Waals surface area contributed by atoms with Crippen LogP contribution in [0.15, 0.2) is 52.7 Å². The molecule has 1 aromatic carbocycles. The normalized spacial score (nSPS) is 12.5. The largest absolute Gasteiger partial charge is 0.276 e. The van der Waals surface area contributed by atoms with E-state index in [0.717, 1.165) is 11.1 Å². The van der Waals surface area contributed by atoms with Crippen molar-refractivity contribution in [2.45, 2.75) is 38.0 Å². The number of hydrazone groups is 1. The monoisotopic (exact) mass is 331 g/mol. The molecule has 0 unspecified atom stereocenters. The van der Waals surface area contributed by atoms with Crippen molar-refractivity contribution in [3.63, 3.8) is 0 Å². The molecular weight excluding hydrogens is 310 g/mol. The Kier molecular flexibility index (Phi) is 4.85. The summed E-state index contributed by atoms with van der Waals surface area (Å²) in [6, 6.07) is 8.96. The highest BCUT2D eigenvalue weighted by molar-refractivity contribution is 7.89. The molecule has 0 aliphatic heterocycles. The van der Waals surface area contributed by atoms with Gasteiger partial charge in [-0.1, -0.05) is 32.9 Å². The third-order valence-corrected chi connectivity index (χ3v) is 4.80. The van der Waals surface area contributed by atoms with Gasteiger partial charge in [-0.05, 0) is 47.2 Å². The summed E-state index contributed by atoms with van der Waals surface area (Å²) in [5, 5.41) is 3.83. The number of sulfonamides is 1. The maximum absolute atomic E-state index is 12.5. The first-order valence-corrected chi connectivity index (χ1v) is 8.74. The van der Waals surface area contributed by atoms with Gasteiger partial charge in [-0.15, -0.1) is 0 Å². The predicted molar refractivity (Wildman–Crippen MR) is 92.0 cm³/mol. The standard InChI is InChI=1S/C17H21N3O2S/c1-13-5-6-15(17(2,3)4)11-16(13)23(21,22)20-19-12-14-7-9-18-10-8-14/h5-12,20H,1-4H3/b19-12+. The first-order chi connectivity index (χ1) is 10.7. The molecule has 1 N–H and O–H groups in total. The lowest BCUT2D eigenvalue weighted by Crippen LogP contribution is -2.21. The Morgan fingerprint density at radius 2 is 1.78 bits per heavy atom. The van der Waals surface area contributed by atoms with Crippen molar-refractivity contribution in [1.29, 1.82) is 0 Å². The summed E-state index contributed by atoms with van der Waals surface area (Å²) in [6.45, 7) is 7.91. The number of aryl methyl sites for hydroxylation is 1. The second kappa shape index (κ2) is 6.50. The lowest BCUT2D eigenvalue weighted by molar-refractivity contribution is 0.577. The van der Waals surface area contributed by atoms with Gasteiger partial charge in [0.05, 0.1) is 11.1 Å². The molecule has 0 aliphatic carbocycles. The molecule has 0 amide bonds. The Morgan fingerprint density at radius 3 is 2.39 bits per heavy atom. The molecular formula is C17H21N3O2S. The highest BCUT2D eigenvalue weighted by atomic mass is 32.2. The zero-order chi connectivity index (χ0) is 17.1. The van der Waals surface area contributed by atoms with E-state index in [1.165, 1.54) is 6.21 Å². The van der Waals surface area contributed by atoms with E-state index >= 15 is 0 Å². The highest BCUT2D eigenvalue weighted by Crippen LogP contribution is 2.26. The third-order valence-electron chi connectivity index (χ3n) is 3.44. The molecule has 2 aromatic rings. The van der Waals surface area contributed by atoms with Crippen LogP contribution >= 0.6 is 0 Å². The van der Waals surface area contributed by atoms with Gasteiger partial charge in [0.15, 0.2) is 0 Å². The van der Waals surface area contributed by atoms with Crippen molar-refractivity contribution < 1.29 is 8.42 Å². The lowest BCUT2D eigenvalue weighted by Gasteiger charge is -2.20. The van der Waals surface area contributed by atoms with Gasteiger partial charge >= 0.3 is 0 Å². The topological polar surface area (TPSA) is 71.4 Å². The highest BCUT2D eigenvalue weighted by Gasteiger charge is 2.20. The third kappa shape index (κ3) is 4.39. The van der Waals surface area contributed by atoms with Gasteiger partial charge in [0.1, 0.15) is 0 Å². The molecule has 0 saturated heterocycles. The fraction of sp³-hybridized carbons (Fsp3) is 0.294. The zero-order valence-corrected chi connectivity index (χ0v) is 14.6. The van der Waals surface area contributed by atoms with E-state index < -0.39 is 10.0 Å². The fourth-order valence-electron chi connectivity index (χ4n) is 2.03. The molecule has 122 valence electrons. The molecule has 1 heterocycles. The number of aromatic nitrogens is 1. The Labute approximate surface area is 137 Å². The molecule has 0 spiro atoms. The van der Waals surface area contributed by atoms with Crippen molar-refractivity contribution in [2.75, 3.05) is 0 Å². The quantitative estimate of drug-likeness (QED) is 0.691. The Morgan fingerprint density at radius 1 is 1.13 bits per heavy atom. The number of hydrogen-bond acceptors (Lipinski definition) is 4. The van der Waals surface area contributed by atoms with Crippen molar-refractivity contribution in [2.24, 2.45) is 5.10 Å². The molecule has 0 radical (unpaired) electrons. The maximum atomic E-state index is 12.5. The van der Waals surface area contributed by atoms with Crippen molar-refractivity contribution in [1.82, 2.24) is 9.82 Å². The summed E-state index contributed by atoms with van der Waals surface area (Å²) in [4.78, 5) is 6.41. The molecule has 0 aliphatic rings. The molecule has 2 rings (SSSR count). The van der Waals surface area contributed by atoms with Gasteiger partial charge in [-0.3, -0.25) is 4.98 Å². The average molecular weight is 331 g/mol. The van der Waals surface area contributed by atoms with E-state index in [2.05, 4.69) is 14.9 Å². The number of nitrogens with zero attached hydrogens (tertiary/aromatic N) is 2. The summed E-state index contributed by atoms with van der Waals surface area (Å²) < 4.78 is 25.0. The smallest absolute Gasteiger partial charge is 0.265 e. The van der Waals surface area contributed by atoms with Crippen molar-refractivity contribution in [3.8, 4) is 0 Å². The molecule has 23 heavy (non-hydrogen) atoms. The predicted octanol–water partition coefficient (Wildman–Crippen LogP) is 3.00. The minimum atomic E-state index is -3.71. The van der Waals surface area contributed by atoms with Gasteiger partial charge in [-0.2, -0.15) is 13.5 Å². The van der Waals surface area contributed by atoms with Crippen LogP contribution in [0.1, 0.15) is 37.5 Å². The first kappa shape index (κ1) is 17.1. The molecule has 5 nitrogen and oxygen atoms in total. The van der Waals surface area contributed by atoms with Crippen LogP contribution in [-0.2, 0) is 15.4 Å². The minimum Gasteiger partial charge on any atom is -0.265 e. The van der Waals surface area contributed by atoms with Crippen LogP contribution in [-0.4, -0.2) is 19.6 Å². The van der Waals surface area contributed by atoms with Crippen LogP contribution in [0.4, 0.5) is 0 Å². The lowest BCUT2D eigenvalue weighted by atomic mass is 9.87. The van der Waals surface area contributed by atoms with Crippen LogP contribution in [0.25, 0.3) is 0 Å². The Balaban J connectivity index is 2.28.